The minimum Gasteiger partial charge on any atom is -0.480 e. The van der Waals surface area contributed by atoms with Gasteiger partial charge >= 0.3 is 5.97 Å². The number of nitrogens with zero attached hydrogens (tertiary/aromatic N) is 4. The van der Waals surface area contributed by atoms with Gasteiger partial charge in [0.25, 0.3) is 11.8 Å². The molecule has 10 nitrogen and oxygen atoms in total. The fraction of sp³-hybridized carbons (Fsp3) is 0.357. The molecule has 1 fully saturated rings. The van der Waals surface area contributed by atoms with Crippen LogP contribution in [0.5, 0.6) is 0 Å². The van der Waals surface area contributed by atoms with Crippen LogP contribution >= 0.6 is 0 Å². The summed E-state index contributed by atoms with van der Waals surface area (Å²) in [5.74, 6) is -1.84. The van der Waals surface area contributed by atoms with E-state index in [1.54, 1.807) is 24.3 Å². The molecule has 1 N–H and O–H groups in total. The minimum atomic E-state index is -0.954. The largest absolute Gasteiger partial charge is 0.480 e. The number of carbonyl (C=O) groups is 3. The molecule has 2 aromatic rings. The molecule has 24 heavy (non-hydrogen) atoms. The molecule has 4 rings (SSSR count). The van der Waals surface area contributed by atoms with Crippen LogP contribution in [0.3, 0.4) is 0 Å². The summed E-state index contributed by atoms with van der Waals surface area (Å²) in [6.45, 7) is 2.05. The molecule has 2 aliphatic heterocycles. The van der Waals surface area contributed by atoms with E-state index in [-0.39, 0.29) is 0 Å². The van der Waals surface area contributed by atoms with Crippen molar-refractivity contribution in [3.05, 3.63) is 35.4 Å². The molecular formula is C14H14N4O6. The van der Waals surface area contributed by atoms with Gasteiger partial charge in [0.1, 0.15) is 11.1 Å². The van der Waals surface area contributed by atoms with Gasteiger partial charge in [0.2, 0.25) is 6.23 Å². The molecule has 1 aromatic heterocycles. The summed E-state index contributed by atoms with van der Waals surface area (Å²) < 4.78 is 5.04. The van der Waals surface area contributed by atoms with Gasteiger partial charge in [0.15, 0.2) is 0 Å². The molecule has 3 heterocycles. The van der Waals surface area contributed by atoms with Crippen LogP contribution < -0.4 is 9.85 Å². The first-order chi connectivity index (χ1) is 11.5. The molecule has 1 unspecified atom stereocenters. The standard InChI is InChI=1S/C14H14N4O6/c1-8(16-12(19)9-4-2-3-5-10(9)13(16)20)23-18-17(24-18)15-7-6-11(15)14(21)22/h2-5,8,11H,6-7H2,1H3,(H,21,22)/t8?,11-,17?,18?/m0/s1. The van der Waals surface area contributed by atoms with Gasteiger partial charge in [0, 0.05) is 6.54 Å². The van der Waals surface area contributed by atoms with Gasteiger partial charge in [-0.3, -0.25) is 9.59 Å². The number of carbonyl (C=O) groups excluding carboxylic acids is 2. The summed E-state index contributed by atoms with van der Waals surface area (Å²) in [7, 11) is 0. The lowest BCUT2D eigenvalue weighted by Crippen LogP contribution is -2.57. The molecule has 0 saturated carbocycles. The Morgan fingerprint density at radius 3 is 2.42 bits per heavy atom. The van der Waals surface area contributed by atoms with E-state index in [4.69, 9.17) is 14.6 Å². The lowest BCUT2D eigenvalue weighted by atomic mass is 10.1. The number of hydrogen-bond acceptors (Lipinski definition) is 6. The Balaban J connectivity index is 1.46. The van der Waals surface area contributed by atoms with Gasteiger partial charge in [-0.15, -0.1) is 0 Å². The van der Waals surface area contributed by atoms with Gasteiger partial charge in [0.05, 0.1) is 16.1 Å². The van der Waals surface area contributed by atoms with Crippen molar-refractivity contribution in [1.82, 2.24) is 14.9 Å². The van der Waals surface area contributed by atoms with Crippen LogP contribution in [0.25, 0.3) is 0 Å². The van der Waals surface area contributed by atoms with E-state index in [0.29, 0.717) is 24.1 Å². The number of carboxylic acid groups (broad SMARTS) is 1. The summed E-state index contributed by atoms with van der Waals surface area (Å²) in [5, 5.41) is 11.4. The van der Waals surface area contributed by atoms with Crippen molar-refractivity contribution < 1.29 is 29.0 Å². The van der Waals surface area contributed by atoms with Gasteiger partial charge in [-0.1, -0.05) is 12.1 Å². The maximum absolute atomic E-state index is 12.3. The quantitative estimate of drug-likeness (QED) is 0.751. The van der Waals surface area contributed by atoms with Crippen LogP contribution in [0.2, 0.25) is 0 Å². The van der Waals surface area contributed by atoms with Gasteiger partial charge in [-0.05, 0) is 25.5 Å². The van der Waals surface area contributed by atoms with E-state index in [1.165, 1.54) is 11.9 Å². The third kappa shape index (κ3) is 1.99. The molecule has 1 saturated heterocycles. The van der Waals surface area contributed by atoms with Gasteiger partial charge in [-0.25, -0.2) is 14.7 Å². The molecule has 0 aliphatic carbocycles. The number of hydrogen-bond donors (Lipinski definition) is 1. The third-order valence-electron chi connectivity index (χ3n) is 4.19. The summed E-state index contributed by atoms with van der Waals surface area (Å²) in [4.78, 5) is 43.2. The Bertz CT molecular complexity index is 798. The van der Waals surface area contributed by atoms with Gasteiger partial charge < -0.3 is 9.94 Å². The highest BCUT2D eigenvalue weighted by atomic mass is 17.0. The lowest BCUT2D eigenvalue weighted by Gasteiger charge is -2.33. The highest BCUT2D eigenvalue weighted by Crippen LogP contribution is 2.24. The summed E-state index contributed by atoms with van der Waals surface area (Å²) in [6, 6.07) is 5.86. The lowest BCUT2D eigenvalue weighted by molar-refractivity contribution is -0.141. The molecule has 0 spiro atoms. The zero-order valence-corrected chi connectivity index (χ0v) is 12.7. The highest BCUT2D eigenvalue weighted by molar-refractivity contribution is 6.21. The smallest absolute Gasteiger partial charge is 0.328 e. The second kappa shape index (κ2) is 4.91. The van der Waals surface area contributed by atoms with E-state index in [9.17, 15) is 14.4 Å². The van der Waals surface area contributed by atoms with Crippen molar-refractivity contribution in [3.8, 4) is 0 Å². The Morgan fingerprint density at radius 2 is 1.92 bits per heavy atom. The number of aromatic nitrogens is 2. The Kier molecular flexibility index (Phi) is 2.95. The first-order valence-corrected chi connectivity index (χ1v) is 7.40. The maximum atomic E-state index is 12.3. The number of fused-ring (bicyclic) bond motifs is 1. The predicted molar refractivity (Wildman–Crippen MR) is 76.8 cm³/mol. The summed E-state index contributed by atoms with van der Waals surface area (Å²) >= 11 is 0. The van der Waals surface area contributed by atoms with Crippen molar-refractivity contribution in [1.29, 1.82) is 0 Å². The molecular weight excluding hydrogens is 320 g/mol. The van der Waals surface area contributed by atoms with Crippen LogP contribution in [0.15, 0.2) is 28.9 Å². The van der Waals surface area contributed by atoms with E-state index in [2.05, 4.69) is 0 Å². The van der Waals surface area contributed by atoms with Crippen LogP contribution in [-0.4, -0.2) is 56.6 Å². The van der Waals surface area contributed by atoms with Gasteiger partial charge in [-0.2, -0.15) is 4.63 Å². The fourth-order valence-corrected chi connectivity index (χ4v) is 2.79. The molecule has 10 heteroatoms. The van der Waals surface area contributed by atoms with Crippen LogP contribution in [0.4, 0.5) is 0 Å². The first kappa shape index (κ1) is 14.4. The number of benzene rings is 1. The van der Waals surface area contributed by atoms with Crippen molar-refractivity contribution in [2.24, 2.45) is 0 Å². The summed E-state index contributed by atoms with van der Waals surface area (Å²) in [6.07, 6.45) is -0.399. The van der Waals surface area contributed by atoms with E-state index >= 15 is 0 Å². The second-order valence-electron chi connectivity index (χ2n) is 5.61. The van der Waals surface area contributed by atoms with E-state index in [0.717, 1.165) is 14.9 Å². The number of carboxylic acids is 1. The van der Waals surface area contributed by atoms with Crippen molar-refractivity contribution >= 4 is 17.8 Å². The number of amides is 2. The van der Waals surface area contributed by atoms with E-state index < -0.39 is 30.1 Å². The molecule has 2 amide bonds. The molecule has 0 radical (unpaired) electrons. The molecule has 2 aliphatic rings. The van der Waals surface area contributed by atoms with Crippen molar-refractivity contribution in [3.63, 3.8) is 0 Å². The van der Waals surface area contributed by atoms with Crippen molar-refractivity contribution in [2.45, 2.75) is 25.6 Å². The molecule has 126 valence electrons. The topological polar surface area (TPSA) is 110 Å². The Morgan fingerprint density at radius 1 is 1.29 bits per heavy atom. The SMILES string of the molecule is CC(On1on1N1CC[C@H]1C(=O)O)N1C(=O)c2ccccc2C1=O. The molecule has 0 bridgehead atoms. The van der Waals surface area contributed by atoms with E-state index in [1.807, 2.05) is 0 Å². The number of imide groups is 1. The second-order valence-corrected chi connectivity index (χ2v) is 5.61. The van der Waals surface area contributed by atoms with Crippen LogP contribution in [-0.2, 0) is 4.79 Å². The van der Waals surface area contributed by atoms with Crippen LogP contribution in [0, 0.1) is 0 Å². The minimum absolute atomic E-state index is 0.329. The zero-order valence-electron chi connectivity index (χ0n) is 12.7. The van der Waals surface area contributed by atoms with Crippen molar-refractivity contribution in [2.75, 3.05) is 11.6 Å². The average molecular weight is 334 g/mol. The molecule has 2 atom stereocenters. The first-order valence-electron chi connectivity index (χ1n) is 7.40. The monoisotopic (exact) mass is 334 g/mol. The van der Waals surface area contributed by atoms with Crippen LogP contribution in [0.1, 0.15) is 34.1 Å². The molecule has 1 aromatic carbocycles. The zero-order chi connectivity index (χ0) is 17.0. The maximum Gasteiger partial charge on any atom is 0.328 e. The average Bonchev–Trinajstić information content (AvgIpc) is 3.17. The third-order valence-corrected chi connectivity index (χ3v) is 4.19. The highest BCUT2D eigenvalue weighted by Gasteiger charge is 2.43. The Hall–Kier alpha value is -3.17. The predicted octanol–water partition coefficient (Wildman–Crippen LogP) is -0.252. The number of aliphatic carboxylic acids is 1. The normalized spacial score (nSPS) is 21.0. The summed E-state index contributed by atoms with van der Waals surface area (Å²) in [5.41, 5.74) is 0.658. The Labute approximate surface area is 135 Å². The fourth-order valence-electron chi connectivity index (χ4n) is 2.79. The number of rotatable bonds is 5.